The van der Waals surface area contributed by atoms with Crippen LogP contribution in [0.25, 0.3) is 0 Å². The van der Waals surface area contributed by atoms with Gasteiger partial charge in [0.1, 0.15) is 10.9 Å². The van der Waals surface area contributed by atoms with Crippen molar-refractivity contribution in [3.8, 4) is 0 Å². The molecule has 0 aromatic carbocycles. The summed E-state index contributed by atoms with van der Waals surface area (Å²) in [7, 11) is -2.49. The van der Waals surface area contributed by atoms with Gasteiger partial charge in [-0.2, -0.15) is 18.3 Å². The van der Waals surface area contributed by atoms with Crippen molar-refractivity contribution in [2.45, 2.75) is 31.0 Å². The second-order valence-electron chi connectivity index (χ2n) is 5.82. The molecule has 2 N–H and O–H groups in total. The molecule has 1 aliphatic rings. The first-order chi connectivity index (χ1) is 11.0. The molecule has 1 unspecified atom stereocenters. The molecule has 1 aromatic rings. The Bertz CT molecular complexity index is 681. The Morgan fingerprint density at radius 1 is 1.29 bits per heavy atom. The van der Waals surface area contributed by atoms with E-state index < -0.39 is 28.8 Å². The smallest absolute Gasteiger partial charge is 0.314 e. The minimum Gasteiger partial charge on any atom is -0.314 e. The molecular formula is C13H22F3N5O2S. The van der Waals surface area contributed by atoms with Gasteiger partial charge in [0.05, 0.1) is 11.4 Å². The van der Waals surface area contributed by atoms with E-state index in [2.05, 4.69) is 15.1 Å². The van der Waals surface area contributed by atoms with Crippen molar-refractivity contribution in [3.05, 3.63) is 11.4 Å². The number of hydrogen-bond acceptors (Lipinski definition) is 5. The summed E-state index contributed by atoms with van der Waals surface area (Å²) in [5.41, 5.74) is 0.638. The lowest BCUT2D eigenvalue weighted by molar-refractivity contribution is -0.182. The summed E-state index contributed by atoms with van der Waals surface area (Å²) in [5, 5.41) is 6.98. The van der Waals surface area contributed by atoms with E-state index in [1.807, 2.05) is 0 Å². The summed E-state index contributed by atoms with van der Waals surface area (Å²) in [5.74, 6) is 0. The molecule has 138 valence electrons. The molecule has 1 atom stereocenters. The van der Waals surface area contributed by atoms with Crippen LogP contribution in [0, 0.1) is 13.8 Å². The number of nitrogens with one attached hydrogen (secondary N) is 2. The lowest BCUT2D eigenvalue weighted by Gasteiger charge is -2.35. The van der Waals surface area contributed by atoms with E-state index in [0.717, 1.165) is 0 Å². The number of aryl methyl sites for hydroxylation is 2. The number of hydrogen-bond donors (Lipinski definition) is 2. The number of aromatic nitrogens is 2. The van der Waals surface area contributed by atoms with Gasteiger partial charge in [0.15, 0.2) is 0 Å². The van der Waals surface area contributed by atoms with Gasteiger partial charge in [-0.15, -0.1) is 0 Å². The van der Waals surface area contributed by atoms with Crippen LogP contribution < -0.4 is 10.0 Å². The van der Waals surface area contributed by atoms with Gasteiger partial charge in [-0.25, -0.2) is 13.1 Å². The maximum Gasteiger partial charge on any atom is 0.405 e. The molecule has 2 heterocycles. The number of nitrogens with zero attached hydrogens (tertiary/aromatic N) is 3. The van der Waals surface area contributed by atoms with E-state index in [0.29, 0.717) is 18.8 Å². The van der Waals surface area contributed by atoms with Crippen molar-refractivity contribution in [2.24, 2.45) is 7.05 Å². The molecule has 2 rings (SSSR count). The quantitative estimate of drug-likeness (QED) is 0.773. The van der Waals surface area contributed by atoms with Gasteiger partial charge < -0.3 is 5.32 Å². The Hall–Kier alpha value is -1.17. The van der Waals surface area contributed by atoms with E-state index in [1.165, 1.54) is 16.5 Å². The van der Waals surface area contributed by atoms with Gasteiger partial charge in [0.25, 0.3) is 0 Å². The fourth-order valence-corrected chi connectivity index (χ4v) is 4.32. The van der Waals surface area contributed by atoms with Crippen LogP contribution in [0.5, 0.6) is 0 Å². The molecule has 0 aliphatic carbocycles. The predicted octanol–water partition coefficient (Wildman–Crippen LogP) is 0.151. The first-order valence-corrected chi connectivity index (χ1v) is 9.03. The second-order valence-corrected chi connectivity index (χ2v) is 7.52. The van der Waals surface area contributed by atoms with Crippen molar-refractivity contribution in [3.63, 3.8) is 0 Å². The summed E-state index contributed by atoms with van der Waals surface area (Å²) >= 11 is 0. The van der Waals surface area contributed by atoms with Crippen LogP contribution in [0.1, 0.15) is 11.4 Å². The Morgan fingerprint density at radius 3 is 2.33 bits per heavy atom. The Labute approximate surface area is 139 Å². The highest BCUT2D eigenvalue weighted by atomic mass is 32.2. The molecule has 24 heavy (non-hydrogen) atoms. The van der Waals surface area contributed by atoms with Crippen LogP contribution >= 0.6 is 0 Å². The Kier molecular flexibility index (Phi) is 5.57. The van der Waals surface area contributed by atoms with Gasteiger partial charge in [-0.3, -0.25) is 9.58 Å². The summed E-state index contributed by atoms with van der Waals surface area (Å²) in [6, 6.07) is -1.85. The molecular weight excluding hydrogens is 347 g/mol. The van der Waals surface area contributed by atoms with Crippen molar-refractivity contribution in [1.82, 2.24) is 24.7 Å². The third-order valence-electron chi connectivity index (χ3n) is 4.15. The summed E-state index contributed by atoms with van der Waals surface area (Å²) < 4.78 is 68.4. The lowest BCUT2D eigenvalue weighted by atomic mass is 10.2. The maximum atomic E-state index is 13.3. The largest absolute Gasteiger partial charge is 0.405 e. The molecule has 0 bridgehead atoms. The summed E-state index contributed by atoms with van der Waals surface area (Å²) in [6.07, 6.45) is -4.51. The lowest BCUT2D eigenvalue weighted by Crippen LogP contribution is -2.57. The first kappa shape index (κ1) is 19.2. The fraction of sp³-hybridized carbons (Fsp3) is 0.769. The van der Waals surface area contributed by atoms with Crippen LogP contribution in [0.15, 0.2) is 4.90 Å². The molecule has 0 spiro atoms. The molecule has 1 aliphatic heterocycles. The third-order valence-corrected chi connectivity index (χ3v) is 5.82. The number of piperazine rings is 1. The van der Waals surface area contributed by atoms with Crippen LogP contribution in [-0.2, 0) is 17.1 Å². The minimum atomic E-state index is -4.51. The van der Waals surface area contributed by atoms with Crippen LogP contribution in [-0.4, -0.2) is 68.0 Å². The van der Waals surface area contributed by atoms with E-state index in [1.54, 1.807) is 14.0 Å². The number of halogens is 3. The minimum absolute atomic E-state index is 0.0637. The van der Waals surface area contributed by atoms with E-state index in [4.69, 9.17) is 0 Å². The highest BCUT2D eigenvalue weighted by molar-refractivity contribution is 7.89. The zero-order chi connectivity index (χ0) is 18.1. The van der Waals surface area contributed by atoms with Gasteiger partial charge >= 0.3 is 6.18 Å². The van der Waals surface area contributed by atoms with E-state index in [9.17, 15) is 21.6 Å². The van der Waals surface area contributed by atoms with Gasteiger partial charge in [-0.05, 0) is 13.8 Å². The number of alkyl halides is 3. The average molecular weight is 369 g/mol. The zero-order valence-electron chi connectivity index (χ0n) is 13.8. The molecule has 0 radical (unpaired) electrons. The average Bonchev–Trinajstić information content (AvgIpc) is 2.72. The first-order valence-electron chi connectivity index (χ1n) is 7.55. The van der Waals surface area contributed by atoms with Crippen molar-refractivity contribution >= 4 is 10.0 Å². The van der Waals surface area contributed by atoms with Crippen molar-refractivity contribution in [1.29, 1.82) is 0 Å². The molecule has 0 amide bonds. The monoisotopic (exact) mass is 369 g/mol. The topological polar surface area (TPSA) is 79.3 Å². The fourth-order valence-electron chi connectivity index (χ4n) is 2.85. The summed E-state index contributed by atoms with van der Waals surface area (Å²) in [4.78, 5) is 1.19. The number of sulfonamides is 1. The molecule has 11 heteroatoms. The van der Waals surface area contributed by atoms with Crippen LogP contribution in [0.4, 0.5) is 13.2 Å². The maximum absolute atomic E-state index is 13.3. The Balaban J connectivity index is 2.18. The normalized spacial score (nSPS) is 18.8. The SMILES string of the molecule is Cc1nn(C)c(C)c1S(=O)(=O)NCC(N1CCNCC1)C(F)(F)F. The van der Waals surface area contributed by atoms with E-state index >= 15 is 0 Å². The van der Waals surface area contributed by atoms with Crippen molar-refractivity contribution in [2.75, 3.05) is 32.7 Å². The van der Waals surface area contributed by atoms with Crippen LogP contribution in [0.3, 0.4) is 0 Å². The van der Waals surface area contributed by atoms with Gasteiger partial charge in [0, 0.05) is 39.8 Å². The molecule has 7 nitrogen and oxygen atoms in total. The molecule has 1 aromatic heterocycles. The Morgan fingerprint density at radius 2 is 1.88 bits per heavy atom. The number of rotatable bonds is 5. The van der Waals surface area contributed by atoms with Gasteiger partial charge in [0.2, 0.25) is 10.0 Å². The standard InChI is InChI=1S/C13H22F3N5O2S/c1-9-12(10(2)20(3)19-9)24(22,23)18-8-11(13(14,15)16)21-6-4-17-5-7-21/h11,17-18H,4-8H2,1-3H3. The molecule has 1 fully saturated rings. The molecule has 1 saturated heterocycles. The van der Waals surface area contributed by atoms with Crippen molar-refractivity contribution < 1.29 is 21.6 Å². The van der Waals surface area contributed by atoms with Gasteiger partial charge in [-0.1, -0.05) is 0 Å². The van der Waals surface area contributed by atoms with E-state index in [-0.39, 0.29) is 23.7 Å². The molecule has 0 saturated carbocycles. The third kappa shape index (κ3) is 4.08. The predicted molar refractivity (Wildman–Crippen MR) is 82.2 cm³/mol. The second kappa shape index (κ2) is 6.98. The highest BCUT2D eigenvalue weighted by Gasteiger charge is 2.44. The summed E-state index contributed by atoms with van der Waals surface area (Å²) in [6.45, 7) is 3.68. The zero-order valence-corrected chi connectivity index (χ0v) is 14.6. The van der Waals surface area contributed by atoms with Crippen LogP contribution in [0.2, 0.25) is 0 Å². The highest BCUT2D eigenvalue weighted by Crippen LogP contribution is 2.26.